The molecular weight excluding hydrogens is 607 g/mol. The molecule has 1 N–H and O–H groups in total. The zero-order valence-corrected chi connectivity index (χ0v) is 26.5. The average molecular weight is 642 g/mol. The first kappa shape index (κ1) is 31.2. The zero-order valence-electron chi connectivity index (χ0n) is 24.9. The first-order chi connectivity index (χ1) is 19.7. The highest BCUT2D eigenvalue weighted by atomic mass is 32.2. The summed E-state index contributed by atoms with van der Waals surface area (Å²) in [5.74, 6) is -0.338. The lowest BCUT2D eigenvalue weighted by Crippen LogP contribution is -2.41. The van der Waals surface area contributed by atoms with E-state index < -0.39 is 39.7 Å². The van der Waals surface area contributed by atoms with Crippen molar-refractivity contribution in [2.75, 3.05) is 18.1 Å². The summed E-state index contributed by atoms with van der Waals surface area (Å²) in [5.41, 5.74) is -2.21. The van der Waals surface area contributed by atoms with E-state index in [1.165, 1.54) is 46.9 Å². The molecule has 234 valence electrons. The second kappa shape index (κ2) is 10.1. The van der Waals surface area contributed by atoms with Crippen LogP contribution in [0.2, 0.25) is 0 Å². The Morgan fingerprint density at radius 2 is 1.88 bits per heavy atom. The van der Waals surface area contributed by atoms with Crippen LogP contribution in [0.3, 0.4) is 0 Å². The van der Waals surface area contributed by atoms with Crippen LogP contribution < -0.4 is 14.4 Å². The Labute approximate surface area is 252 Å². The van der Waals surface area contributed by atoms with Gasteiger partial charge in [0.05, 0.1) is 16.7 Å². The minimum absolute atomic E-state index is 0.00811. The molecule has 3 aromatic heterocycles. The number of ether oxygens (including phenoxy) is 1. The second-order valence-electron chi connectivity index (χ2n) is 12.4. The molecule has 0 radical (unpaired) electrons. The lowest BCUT2D eigenvalue weighted by atomic mass is 9.94. The van der Waals surface area contributed by atoms with Crippen LogP contribution in [0.1, 0.15) is 57.1 Å². The van der Waals surface area contributed by atoms with Crippen molar-refractivity contribution >= 4 is 33.5 Å². The van der Waals surface area contributed by atoms with Crippen LogP contribution in [-0.2, 0) is 17.1 Å². The van der Waals surface area contributed by atoms with Gasteiger partial charge >= 0.3 is 6.18 Å². The Morgan fingerprint density at radius 3 is 2.44 bits per heavy atom. The summed E-state index contributed by atoms with van der Waals surface area (Å²) in [7, 11) is -2.66. The van der Waals surface area contributed by atoms with Crippen molar-refractivity contribution in [1.82, 2.24) is 29.3 Å². The summed E-state index contributed by atoms with van der Waals surface area (Å²) in [6.07, 6.45) is -0.810. The van der Waals surface area contributed by atoms with Crippen LogP contribution in [0.5, 0.6) is 5.88 Å². The smallest absolute Gasteiger partial charge is 0.397 e. The van der Waals surface area contributed by atoms with Crippen LogP contribution in [0.25, 0.3) is 5.82 Å². The number of carbonyl (C=O) groups excluding carboxylic acids is 1. The summed E-state index contributed by atoms with van der Waals surface area (Å²) >= 11 is 1.85. The van der Waals surface area contributed by atoms with Gasteiger partial charge in [0.1, 0.15) is 17.3 Å². The van der Waals surface area contributed by atoms with E-state index in [1.54, 1.807) is 7.05 Å². The molecule has 11 nitrogen and oxygen atoms in total. The van der Waals surface area contributed by atoms with E-state index in [2.05, 4.69) is 21.8 Å². The fraction of sp³-hybridized carbons (Fsp3) is 0.556. The maximum absolute atomic E-state index is 13.6. The number of pyridine rings is 1. The number of nitrogens with zero attached hydrogens (tertiary/aromatic N) is 6. The van der Waals surface area contributed by atoms with E-state index in [0.717, 1.165) is 20.3 Å². The summed E-state index contributed by atoms with van der Waals surface area (Å²) < 4.78 is 76.3. The van der Waals surface area contributed by atoms with Crippen LogP contribution in [0.4, 0.5) is 19.0 Å². The molecule has 0 aliphatic carbocycles. The highest BCUT2D eigenvalue weighted by molar-refractivity contribution is 8.08. The number of amides is 1. The van der Waals surface area contributed by atoms with Crippen molar-refractivity contribution in [2.45, 2.75) is 74.6 Å². The molecule has 1 amide bonds. The third-order valence-corrected chi connectivity index (χ3v) is 11.1. The van der Waals surface area contributed by atoms with Gasteiger partial charge in [-0.15, -0.1) is 16.9 Å². The molecule has 1 spiro atoms. The van der Waals surface area contributed by atoms with Crippen LogP contribution >= 0.6 is 11.8 Å². The Bertz CT molecular complexity index is 1680. The fourth-order valence-corrected chi connectivity index (χ4v) is 7.89. The fourth-order valence-electron chi connectivity index (χ4n) is 5.27. The van der Waals surface area contributed by atoms with Gasteiger partial charge in [0, 0.05) is 47.6 Å². The van der Waals surface area contributed by atoms with Gasteiger partial charge in [-0.1, -0.05) is 6.92 Å². The van der Waals surface area contributed by atoms with Crippen LogP contribution in [0, 0.1) is 12.3 Å². The standard InChI is InChI=1S/C27H34F3N7O4S2/c1-16-19(12-35(7)32-16)43(39,40)34-23(38)18-8-9-20(31-22(18)36-14-26(17(2)42-26)13-25(36,5)6)37-11-10-21(33-37)41-15-24(3,4)27(28,29)30/h8-12,17H,13-15H2,1-7H3,(H,34,38)/t17-,26?/m0/s1. The van der Waals surface area contributed by atoms with Crippen molar-refractivity contribution in [1.29, 1.82) is 0 Å². The molecule has 1 unspecified atom stereocenters. The van der Waals surface area contributed by atoms with Crippen molar-refractivity contribution in [2.24, 2.45) is 12.5 Å². The number of anilines is 1. The molecule has 2 aliphatic heterocycles. The Kier molecular flexibility index (Phi) is 7.35. The molecule has 5 heterocycles. The van der Waals surface area contributed by atoms with E-state index >= 15 is 0 Å². The monoisotopic (exact) mass is 641 g/mol. The molecule has 2 atom stereocenters. The number of thioether (sulfide) groups is 1. The predicted octanol–water partition coefficient (Wildman–Crippen LogP) is 4.26. The van der Waals surface area contributed by atoms with Gasteiger partial charge in [-0.05, 0) is 53.2 Å². The molecule has 3 aromatic rings. The first-order valence-corrected chi connectivity index (χ1v) is 15.9. The molecule has 43 heavy (non-hydrogen) atoms. The summed E-state index contributed by atoms with van der Waals surface area (Å²) in [6.45, 7) is 9.82. The Morgan fingerprint density at radius 1 is 1.21 bits per heavy atom. The van der Waals surface area contributed by atoms with Gasteiger partial charge in [-0.3, -0.25) is 9.48 Å². The predicted molar refractivity (Wildman–Crippen MR) is 155 cm³/mol. The normalized spacial score (nSPS) is 21.8. The number of halogens is 3. The van der Waals surface area contributed by atoms with Crippen LogP contribution in [0.15, 0.2) is 35.5 Å². The number of aryl methyl sites for hydroxylation is 2. The molecule has 2 fully saturated rings. The average Bonchev–Trinajstić information content (AvgIpc) is 3.24. The minimum Gasteiger partial charge on any atom is -0.476 e. The van der Waals surface area contributed by atoms with Crippen LogP contribution in [-0.4, -0.2) is 73.7 Å². The van der Waals surface area contributed by atoms with Crippen molar-refractivity contribution in [3.05, 3.63) is 41.9 Å². The minimum atomic E-state index is -4.46. The number of aromatic nitrogens is 5. The van der Waals surface area contributed by atoms with Crippen molar-refractivity contribution < 1.29 is 31.1 Å². The quantitative estimate of drug-likeness (QED) is 0.360. The Balaban J connectivity index is 1.49. The highest BCUT2D eigenvalue weighted by Gasteiger charge is 2.62. The van der Waals surface area contributed by atoms with Gasteiger partial charge in [-0.2, -0.15) is 18.3 Å². The third-order valence-electron chi connectivity index (χ3n) is 7.98. The number of carbonyl (C=O) groups is 1. The van der Waals surface area contributed by atoms with Crippen molar-refractivity contribution in [3.63, 3.8) is 0 Å². The highest BCUT2D eigenvalue weighted by Crippen LogP contribution is 2.62. The summed E-state index contributed by atoms with van der Waals surface area (Å²) in [5, 5.41) is 8.72. The zero-order chi connectivity index (χ0) is 31.8. The number of sulfonamides is 1. The van der Waals surface area contributed by atoms with Gasteiger partial charge in [0.25, 0.3) is 15.9 Å². The summed E-state index contributed by atoms with van der Waals surface area (Å²) in [4.78, 5) is 20.2. The maximum atomic E-state index is 13.6. The SMILES string of the molecule is Cc1nn(C)cc1S(=O)(=O)NC(=O)c1ccc(-n2ccc(OCC(C)(C)C(F)(F)F)n2)nc1N1CC2(CC1(C)C)S[C@H]2C. The molecule has 0 aromatic carbocycles. The van der Waals surface area contributed by atoms with Gasteiger partial charge < -0.3 is 9.64 Å². The number of rotatable bonds is 8. The second-order valence-corrected chi connectivity index (χ2v) is 15.8. The third kappa shape index (κ3) is 5.82. The number of nitrogens with one attached hydrogen (secondary N) is 1. The molecule has 5 rings (SSSR count). The van der Waals surface area contributed by atoms with Crippen molar-refractivity contribution in [3.8, 4) is 11.7 Å². The number of alkyl halides is 3. The number of hydrogen-bond acceptors (Lipinski definition) is 9. The molecule has 16 heteroatoms. The van der Waals surface area contributed by atoms with E-state index in [1.807, 2.05) is 30.5 Å². The maximum Gasteiger partial charge on any atom is 0.397 e. The Hall–Kier alpha value is -3.27. The van der Waals surface area contributed by atoms with Gasteiger partial charge in [-0.25, -0.2) is 22.8 Å². The number of hydrogen-bond donors (Lipinski definition) is 1. The largest absolute Gasteiger partial charge is 0.476 e. The lowest BCUT2D eigenvalue weighted by Gasteiger charge is -2.33. The molecule has 2 aliphatic rings. The van der Waals surface area contributed by atoms with E-state index in [-0.39, 0.29) is 38.4 Å². The molecular formula is C27H34F3N7O4S2. The lowest BCUT2D eigenvalue weighted by molar-refractivity contribution is -0.219. The van der Waals surface area contributed by atoms with Gasteiger partial charge in [0.15, 0.2) is 5.82 Å². The van der Waals surface area contributed by atoms with Gasteiger partial charge in [0.2, 0.25) is 5.88 Å². The van der Waals surface area contributed by atoms with E-state index in [0.29, 0.717) is 11.8 Å². The summed E-state index contributed by atoms with van der Waals surface area (Å²) in [6, 6.07) is 4.39. The first-order valence-electron chi connectivity index (χ1n) is 13.5. The topological polar surface area (TPSA) is 124 Å². The van der Waals surface area contributed by atoms with E-state index in [4.69, 9.17) is 9.72 Å². The molecule has 0 saturated carbocycles. The molecule has 0 bridgehead atoms. The molecule has 2 saturated heterocycles. The van der Waals surface area contributed by atoms with E-state index in [9.17, 15) is 26.4 Å².